The lowest BCUT2D eigenvalue weighted by molar-refractivity contribution is -0.142. The van der Waals surface area contributed by atoms with Gasteiger partial charge in [0, 0.05) is 54.1 Å². The highest BCUT2D eigenvalue weighted by molar-refractivity contribution is 6.09. The van der Waals surface area contributed by atoms with Crippen molar-refractivity contribution in [3.63, 3.8) is 0 Å². The second kappa shape index (κ2) is 12.7. The summed E-state index contributed by atoms with van der Waals surface area (Å²) < 4.78 is 16.9. The number of piperidine rings is 2. The number of anilines is 3. The molecule has 3 aliphatic heterocycles. The van der Waals surface area contributed by atoms with Crippen molar-refractivity contribution in [3.8, 4) is 11.3 Å². The molecule has 1 saturated carbocycles. The molecule has 4 aromatic rings. The van der Waals surface area contributed by atoms with E-state index in [1.165, 1.54) is 25.5 Å². The molecule has 3 aromatic heterocycles. The molecule has 268 valence electrons. The fourth-order valence-corrected chi connectivity index (χ4v) is 8.80. The van der Waals surface area contributed by atoms with E-state index in [-0.39, 0.29) is 29.6 Å². The Bertz CT molecular complexity index is 1980. The summed E-state index contributed by atoms with van der Waals surface area (Å²) in [5.74, 6) is 0.345. The van der Waals surface area contributed by atoms with Crippen LogP contribution in [0.5, 0.6) is 0 Å². The molecule has 1 N–H and O–H groups in total. The summed E-state index contributed by atoms with van der Waals surface area (Å²) in [6, 6.07) is 10.7. The number of rotatable bonds is 6. The normalized spacial score (nSPS) is 22.1. The number of nitrogens with one attached hydrogen (secondary N) is 1. The van der Waals surface area contributed by atoms with Gasteiger partial charge in [-0.2, -0.15) is 0 Å². The van der Waals surface area contributed by atoms with E-state index in [9.17, 15) is 14.0 Å². The molecule has 0 unspecified atom stereocenters. The van der Waals surface area contributed by atoms with Crippen LogP contribution in [0.25, 0.3) is 22.3 Å². The standard InChI is InChI=1S/C40H49FN8O2/c1-25(2)48-24-43-33-22-32(45-36(35(33)48)44-31-11-14-42-23-30(31)41)26-9-10-29-34(19-26)49(28-20-27(21-28)46-15-7-6-8-16-46)38(51)40(29)12-17-47(18-13-40)37(50)39(3,4)5/h9-11,14,19,22-25,27-28H,6-8,12-13,15-18,20-21H2,1-5H3,(H,42,44,45). The molecule has 51 heavy (non-hydrogen) atoms. The predicted octanol–water partition coefficient (Wildman–Crippen LogP) is 7.23. The maximum absolute atomic E-state index is 14.8. The Labute approximate surface area is 299 Å². The van der Waals surface area contributed by atoms with E-state index in [2.05, 4.69) is 52.1 Å². The molecule has 11 heteroatoms. The summed E-state index contributed by atoms with van der Waals surface area (Å²) in [6.07, 6.45) is 11.5. The van der Waals surface area contributed by atoms with E-state index in [0.29, 0.717) is 43.5 Å². The van der Waals surface area contributed by atoms with Gasteiger partial charge in [0.05, 0.1) is 34.8 Å². The summed E-state index contributed by atoms with van der Waals surface area (Å²) in [7, 11) is 0. The monoisotopic (exact) mass is 692 g/mol. The van der Waals surface area contributed by atoms with Crippen LogP contribution in [0.2, 0.25) is 0 Å². The van der Waals surface area contributed by atoms with Crippen LogP contribution >= 0.6 is 0 Å². The average molecular weight is 693 g/mol. The van der Waals surface area contributed by atoms with Crippen LogP contribution < -0.4 is 10.2 Å². The maximum atomic E-state index is 14.8. The number of likely N-dealkylation sites (tertiary alicyclic amines) is 2. The van der Waals surface area contributed by atoms with Gasteiger partial charge in [-0.25, -0.2) is 14.4 Å². The molecule has 1 aliphatic carbocycles. The number of imidazole rings is 1. The number of nitrogens with zero attached hydrogens (tertiary/aromatic N) is 7. The third-order valence-corrected chi connectivity index (χ3v) is 11.7. The first-order chi connectivity index (χ1) is 24.4. The van der Waals surface area contributed by atoms with Gasteiger partial charge in [0.2, 0.25) is 11.8 Å². The van der Waals surface area contributed by atoms with Crippen LogP contribution in [-0.4, -0.2) is 79.4 Å². The van der Waals surface area contributed by atoms with Gasteiger partial charge in [-0.05, 0) is 89.2 Å². The fraction of sp³-hybridized carbons (Fsp3) is 0.525. The topological polar surface area (TPSA) is 99.5 Å². The van der Waals surface area contributed by atoms with Crippen LogP contribution in [0.4, 0.5) is 21.6 Å². The zero-order chi connectivity index (χ0) is 35.7. The van der Waals surface area contributed by atoms with Gasteiger partial charge in [-0.1, -0.05) is 39.3 Å². The van der Waals surface area contributed by atoms with E-state index in [1.807, 2.05) is 36.3 Å². The van der Waals surface area contributed by atoms with Crippen molar-refractivity contribution in [1.82, 2.24) is 29.3 Å². The Balaban J connectivity index is 1.18. The van der Waals surface area contributed by atoms with Gasteiger partial charge in [-0.15, -0.1) is 0 Å². The van der Waals surface area contributed by atoms with Gasteiger partial charge in [0.25, 0.3) is 0 Å². The zero-order valence-electron chi connectivity index (χ0n) is 30.5. The molecule has 0 radical (unpaired) electrons. The van der Waals surface area contributed by atoms with Crippen molar-refractivity contribution in [2.24, 2.45) is 5.41 Å². The Hall–Kier alpha value is -4.38. The van der Waals surface area contributed by atoms with E-state index in [0.717, 1.165) is 53.8 Å². The van der Waals surface area contributed by atoms with Gasteiger partial charge in [-0.3, -0.25) is 14.6 Å². The Kier molecular flexibility index (Phi) is 8.39. The Morgan fingerprint density at radius 2 is 1.75 bits per heavy atom. The number of hydrogen-bond donors (Lipinski definition) is 1. The Morgan fingerprint density at radius 1 is 1.00 bits per heavy atom. The SMILES string of the molecule is CC(C)n1cnc2cc(-c3ccc4c(c3)N(C3CC(N5CCCCC5)C3)C(=O)C43CCN(C(=O)C(C)(C)C)CC3)nc(Nc3ccncc3F)c21. The first-order valence-corrected chi connectivity index (χ1v) is 18.7. The largest absolute Gasteiger partial charge is 0.342 e. The van der Waals surface area contributed by atoms with Crippen LogP contribution in [0.1, 0.15) is 91.2 Å². The minimum atomic E-state index is -0.655. The smallest absolute Gasteiger partial charge is 0.238 e. The van der Waals surface area contributed by atoms with Gasteiger partial charge in [0.1, 0.15) is 5.52 Å². The zero-order valence-corrected chi connectivity index (χ0v) is 30.5. The molecule has 8 rings (SSSR count). The third-order valence-electron chi connectivity index (χ3n) is 11.7. The number of halogens is 1. The van der Waals surface area contributed by atoms with E-state index < -0.39 is 16.6 Å². The molecule has 2 saturated heterocycles. The highest BCUT2D eigenvalue weighted by Crippen LogP contribution is 2.52. The van der Waals surface area contributed by atoms with Crippen molar-refractivity contribution in [2.75, 3.05) is 36.4 Å². The molecule has 1 aromatic carbocycles. The number of aromatic nitrogens is 4. The first-order valence-electron chi connectivity index (χ1n) is 18.7. The first kappa shape index (κ1) is 33.7. The summed E-state index contributed by atoms with van der Waals surface area (Å²) in [4.78, 5) is 48.5. The molecular weight excluding hydrogens is 643 g/mol. The molecule has 0 atom stereocenters. The summed E-state index contributed by atoms with van der Waals surface area (Å²) in [5.41, 5.74) is 4.27. The van der Waals surface area contributed by atoms with E-state index in [4.69, 9.17) is 9.97 Å². The molecule has 6 heterocycles. The number of hydrogen-bond acceptors (Lipinski definition) is 7. The molecule has 0 bridgehead atoms. The summed E-state index contributed by atoms with van der Waals surface area (Å²) >= 11 is 0. The maximum Gasteiger partial charge on any atom is 0.238 e. The lowest BCUT2D eigenvalue weighted by Gasteiger charge is -2.48. The van der Waals surface area contributed by atoms with Crippen molar-refractivity contribution in [1.29, 1.82) is 0 Å². The number of pyridine rings is 2. The van der Waals surface area contributed by atoms with Crippen molar-refractivity contribution in [2.45, 2.75) is 103 Å². The molecule has 4 aliphatic rings. The van der Waals surface area contributed by atoms with E-state index in [1.54, 1.807) is 18.6 Å². The van der Waals surface area contributed by atoms with Gasteiger partial charge < -0.3 is 24.6 Å². The summed E-state index contributed by atoms with van der Waals surface area (Å²) in [6.45, 7) is 13.5. The number of carbonyl (C=O) groups is 2. The number of amides is 2. The quantitative estimate of drug-likeness (QED) is 0.228. The van der Waals surface area contributed by atoms with Crippen LogP contribution in [0.15, 0.2) is 49.1 Å². The van der Waals surface area contributed by atoms with E-state index >= 15 is 0 Å². The highest BCUT2D eigenvalue weighted by Gasteiger charge is 2.56. The average Bonchev–Trinajstić information content (AvgIpc) is 3.63. The third kappa shape index (κ3) is 5.77. The van der Waals surface area contributed by atoms with Gasteiger partial charge >= 0.3 is 0 Å². The number of benzene rings is 1. The van der Waals surface area contributed by atoms with Crippen LogP contribution in [-0.2, 0) is 15.0 Å². The van der Waals surface area contributed by atoms with Crippen LogP contribution in [0.3, 0.4) is 0 Å². The predicted molar refractivity (Wildman–Crippen MR) is 197 cm³/mol. The summed E-state index contributed by atoms with van der Waals surface area (Å²) in [5, 5.41) is 3.23. The second-order valence-corrected chi connectivity index (χ2v) is 16.4. The molecule has 1 spiro atoms. The molecule has 3 fully saturated rings. The molecule has 10 nitrogen and oxygen atoms in total. The molecule has 2 amide bonds. The lowest BCUT2D eigenvalue weighted by Crippen LogP contribution is -2.58. The minimum Gasteiger partial charge on any atom is -0.342 e. The number of fused-ring (bicyclic) bond motifs is 3. The van der Waals surface area contributed by atoms with Crippen LogP contribution in [0, 0.1) is 11.2 Å². The minimum absolute atomic E-state index is 0.114. The number of carbonyl (C=O) groups excluding carboxylic acids is 2. The highest BCUT2D eigenvalue weighted by atomic mass is 19.1. The lowest BCUT2D eigenvalue weighted by atomic mass is 9.73. The van der Waals surface area contributed by atoms with Crippen molar-refractivity contribution < 1.29 is 14.0 Å². The Morgan fingerprint density at radius 3 is 2.43 bits per heavy atom. The molecular formula is C40H49FN8O2. The second-order valence-electron chi connectivity index (χ2n) is 16.4. The van der Waals surface area contributed by atoms with Crippen molar-refractivity contribution >= 4 is 40.0 Å². The van der Waals surface area contributed by atoms with Crippen molar-refractivity contribution in [3.05, 3.63) is 60.4 Å². The fourth-order valence-electron chi connectivity index (χ4n) is 8.80. The van der Waals surface area contributed by atoms with Gasteiger partial charge in [0.15, 0.2) is 11.6 Å².